The Labute approximate surface area is 122 Å². The van der Waals surface area contributed by atoms with Gasteiger partial charge in [-0.05, 0) is 6.42 Å². The third-order valence-electron chi connectivity index (χ3n) is 2.32. The molecule has 0 saturated heterocycles. The van der Waals surface area contributed by atoms with Crippen molar-refractivity contribution in [3.63, 3.8) is 0 Å². The number of nitrogens with one attached hydrogen (secondary N) is 2. The van der Waals surface area contributed by atoms with Gasteiger partial charge in [-0.3, -0.25) is 24.6 Å². The molecule has 0 fully saturated rings. The first-order chi connectivity index (χ1) is 9.92. The molecular formula is C12H21N3O6. The summed E-state index contributed by atoms with van der Waals surface area (Å²) >= 11 is 0. The molecule has 0 aliphatic heterocycles. The second-order valence-corrected chi connectivity index (χ2v) is 4.10. The van der Waals surface area contributed by atoms with Crippen molar-refractivity contribution >= 4 is 23.9 Å². The maximum Gasteiger partial charge on any atom is 0.321 e. The fourth-order valence-corrected chi connectivity index (χ4v) is 1.31. The molecule has 0 rings (SSSR count). The SMILES string of the molecule is CCCNC(=O)NC(=O)CN(CC(=O)OC)CC(=O)OC. The Morgan fingerprint density at radius 3 is 1.90 bits per heavy atom. The van der Waals surface area contributed by atoms with Crippen LogP contribution >= 0.6 is 0 Å². The summed E-state index contributed by atoms with van der Waals surface area (Å²) in [7, 11) is 2.38. The van der Waals surface area contributed by atoms with Crippen molar-refractivity contribution in [2.45, 2.75) is 13.3 Å². The van der Waals surface area contributed by atoms with E-state index in [-0.39, 0.29) is 19.6 Å². The van der Waals surface area contributed by atoms with Gasteiger partial charge in [0, 0.05) is 6.54 Å². The van der Waals surface area contributed by atoms with Crippen LogP contribution in [0.2, 0.25) is 0 Å². The molecule has 0 spiro atoms. The first kappa shape index (κ1) is 18.8. The highest BCUT2D eigenvalue weighted by Gasteiger charge is 2.19. The third-order valence-corrected chi connectivity index (χ3v) is 2.32. The summed E-state index contributed by atoms with van der Waals surface area (Å²) < 4.78 is 8.94. The molecule has 9 heteroatoms. The molecule has 0 unspecified atom stereocenters. The fourth-order valence-electron chi connectivity index (χ4n) is 1.31. The van der Waals surface area contributed by atoms with Crippen LogP contribution in [0, 0.1) is 0 Å². The summed E-state index contributed by atoms with van der Waals surface area (Å²) in [5, 5.41) is 4.56. The van der Waals surface area contributed by atoms with Crippen LogP contribution in [0.15, 0.2) is 0 Å². The zero-order valence-corrected chi connectivity index (χ0v) is 12.4. The summed E-state index contributed by atoms with van der Waals surface area (Å²) in [5.41, 5.74) is 0. The van der Waals surface area contributed by atoms with Gasteiger partial charge in [0.15, 0.2) is 0 Å². The minimum absolute atomic E-state index is 0.268. The Hall–Kier alpha value is -2.16. The van der Waals surface area contributed by atoms with Crippen LogP contribution in [0.25, 0.3) is 0 Å². The number of carbonyl (C=O) groups is 4. The molecule has 0 radical (unpaired) electrons. The Kier molecular flexibility index (Phi) is 9.52. The van der Waals surface area contributed by atoms with Crippen molar-refractivity contribution in [1.29, 1.82) is 0 Å². The second-order valence-electron chi connectivity index (χ2n) is 4.10. The Balaban J connectivity index is 4.42. The van der Waals surface area contributed by atoms with Crippen molar-refractivity contribution in [1.82, 2.24) is 15.5 Å². The average Bonchev–Trinajstić information content (AvgIpc) is 2.44. The number of ether oxygens (including phenoxy) is 2. The lowest BCUT2D eigenvalue weighted by molar-refractivity contribution is -0.145. The molecule has 2 N–H and O–H groups in total. The molecule has 9 nitrogen and oxygen atoms in total. The van der Waals surface area contributed by atoms with Crippen molar-refractivity contribution in [2.75, 3.05) is 40.4 Å². The van der Waals surface area contributed by atoms with E-state index in [0.717, 1.165) is 6.42 Å². The van der Waals surface area contributed by atoms with Crippen LogP contribution in [-0.2, 0) is 23.9 Å². The molecule has 3 amide bonds. The minimum Gasteiger partial charge on any atom is -0.468 e. The molecule has 0 heterocycles. The predicted molar refractivity (Wildman–Crippen MR) is 72.3 cm³/mol. The number of urea groups is 1. The van der Waals surface area contributed by atoms with Crippen molar-refractivity contribution < 1.29 is 28.7 Å². The fraction of sp³-hybridized carbons (Fsp3) is 0.667. The van der Waals surface area contributed by atoms with E-state index in [1.54, 1.807) is 0 Å². The number of hydrogen-bond acceptors (Lipinski definition) is 7. The van der Waals surface area contributed by atoms with Crippen LogP contribution in [0.3, 0.4) is 0 Å². The van der Waals surface area contributed by atoms with E-state index in [1.807, 2.05) is 6.92 Å². The normalized spacial score (nSPS) is 9.90. The quantitative estimate of drug-likeness (QED) is 0.545. The molecule has 0 aromatic carbocycles. The first-order valence-electron chi connectivity index (χ1n) is 6.36. The molecule has 0 aliphatic carbocycles. The van der Waals surface area contributed by atoms with Gasteiger partial charge in [-0.15, -0.1) is 0 Å². The molecular weight excluding hydrogens is 282 g/mol. The summed E-state index contributed by atoms with van der Waals surface area (Å²) in [4.78, 5) is 46.6. The van der Waals surface area contributed by atoms with Gasteiger partial charge in [-0.25, -0.2) is 4.79 Å². The maximum atomic E-state index is 11.6. The Morgan fingerprint density at radius 1 is 0.952 bits per heavy atom. The van der Waals surface area contributed by atoms with Gasteiger partial charge in [0.25, 0.3) is 0 Å². The van der Waals surface area contributed by atoms with Crippen molar-refractivity contribution in [3.8, 4) is 0 Å². The summed E-state index contributed by atoms with van der Waals surface area (Å²) in [6, 6.07) is -0.627. The average molecular weight is 303 g/mol. The van der Waals surface area contributed by atoms with E-state index in [9.17, 15) is 19.2 Å². The van der Waals surface area contributed by atoms with E-state index in [4.69, 9.17) is 0 Å². The van der Waals surface area contributed by atoms with Crippen LogP contribution in [0.1, 0.15) is 13.3 Å². The lowest BCUT2D eigenvalue weighted by Gasteiger charge is -2.18. The number of rotatable bonds is 8. The smallest absolute Gasteiger partial charge is 0.321 e. The highest BCUT2D eigenvalue weighted by Crippen LogP contribution is 1.92. The summed E-state index contributed by atoms with van der Waals surface area (Å²) in [5.74, 6) is -1.86. The summed E-state index contributed by atoms with van der Waals surface area (Å²) in [6.45, 7) is 1.46. The molecule has 0 atom stereocenters. The van der Waals surface area contributed by atoms with Gasteiger partial charge < -0.3 is 14.8 Å². The Morgan fingerprint density at radius 2 is 1.48 bits per heavy atom. The van der Waals surface area contributed by atoms with E-state index in [1.165, 1.54) is 19.1 Å². The highest BCUT2D eigenvalue weighted by molar-refractivity contribution is 5.95. The number of methoxy groups -OCH3 is 2. The predicted octanol–water partition coefficient (Wildman–Crippen LogP) is -1.13. The molecule has 0 saturated carbocycles. The number of amides is 3. The monoisotopic (exact) mass is 303 g/mol. The summed E-state index contributed by atoms with van der Waals surface area (Å²) in [6.07, 6.45) is 0.735. The van der Waals surface area contributed by atoms with Crippen molar-refractivity contribution in [2.24, 2.45) is 0 Å². The minimum atomic E-state index is -0.642. The molecule has 0 aromatic heterocycles. The van der Waals surface area contributed by atoms with Crippen LogP contribution < -0.4 is 10.6 Å². The number of carbonyl (C=O) groups excluding carboxylic acids is 4. The van der Waals surface area contributed by atoms with Crippen LogP contribution in [-0.4, -0.2) is 69.2 Å². The van der Waals surface area contributed by atoms with E-state index in [0.29, 0.717) is 6.54 Å². The van der Waals surface area contributed by atoms with Gasteiger partial charge in [0.1, 0.15) is 0 Å². The number of esters is 2. The first-order valence-corrected chi connectivity index (χ1v) is 6.36. The Bertz CT molecular complexity index is 367. The molecule has 0 bridgehead atoms. The van der Waals surface area contributed by atoms with Gasteiger partial charge in [-0.1, -0.05) is 6.92 Å². The van der Waals surface area contributed by atoms with E-state index >= 15 is 0 Å². The standard InChI is InChI=1S/C12H21N3O6/c1-4-5-13-12(19)14-9(16)6-15(7-10(17)20-2)8-11(18)21-3/h4-8H2,1-3H3,(H2,13,14,16,19). The van der Waals surface area contributed by atoms with Crippen LogP contribution in [0.4, 0.5) is 4.79 Å². The van der Waals surface area contributed by atoms with E-state index < -0.39 is 23.9 Å². The molecule has 0 aromatic rings. The second kappa shape index (κ2) is 10.6. The number of imide groups is 1. The van der Waals surface area contributed by atoms with Gasteiger partial charge in [-0.2, -0.15) is 0 Å². The maximum absolute atomic E-state index is 11.6. The molecule has 21 heavy (non-hydrogen) atoms. The van der Waals surface area contributed by atoms with Gasteiger partial charge >= 0.3 is 18.0 Å². The lowest BCUT2D eigenvalue weighted by atomic mass is 10.4. The third kappa shape index (κ3) is 9.38. The zero-order valence-electron chi connectivity index (χ0n) is 12.4. The van der Waals surface area contributed by atoms with Gasteiger partial charge in [0.05, 0.1) is 33.9 Å². The number of nitrogens with zero attached hydrogens (tertiary/aromatic N) is 1. The number of hydrogen-bond donors (Lipinski definition) is 2. The van der Waals surface area contributed by atoms with Crippen molar-refractivity contribution in [3.05, 3.63) is 0 Å². The topological polar surface area (TPSA) is 114 Å². The zero-order chi connectivity index (χ0) is 16.3. The largest absolute Gasteiger partial charge is 0.468 e. The lowest BCUT2D eigenvalue weighted by Crippen LogP contribution is -2.47. The highest BCUT2D eigenvalue weighted by atomic mass is 16.5. The van der Waals surface area contributed by atoms with Crippen LogP contribution in [0.5, 0.6) is 0 Å². The van der Waals surface area contributed by atoms with E-state index in [2.05, 4.69) is 20.1 Å². The molecule has 120 valence electrons. The molecule has 0 aliphatic rings. The van der Waals surface area contributed by atoms with Gasteiger partial charge in [0.2, 0.25) is 5.91 Å².